The van der Waals surface area contributed by atoms with Crippen LogP contribution in [0.5, 0.6) is 0 Å². The summed E-state index contributed by atoms with van der Waals surface area (Å²) in [5, 5.41) is 0. The molecule has 36 valence electrons. The molecule has 0 saturated heterocycles. The van der Waals surface area contributed by atoms with E-state index in [1.165, 1.54) is 0 Å². The number of hydrogen-bond donors (Lipinski definition) is 0. The van der Waals surface area contributed by atoms with Crippen LogP contribution in [0.4, 0.5) is 0 Å². The van der Waals surface area contributed by atoms with E-state index in [1.54, 1.807) is 0 Å². The van der Waals surface area contributed by atoms with Gasteiger partial charge < -0.3 is 0 Å². The van der Waals surface area contributed by atoms with Crippen LogP contribution in [-0.4, -0.2) is 20.0 Å². The van der Waals surface area contributed by atoms with Gasteiger partial charge in [0.1, 0.15) is 0 Å². The van der Waals surface area contributed by atoms with Crippen molar-refractivity contribution in [2.45, 2.75) is 0 Å². The minimum Gasteiger partial charge on any atom is -0.116 e. The van der Waals surface area contributed by atoms with Crippen molar-refractivity contribution < 1.29 is 21.1 Å². The molecule has 0 aliphatic rings. The van der Waals surface area contributed by atoms with E-state index >= 15 is 0 Å². The topological polar surface area (TPSA) is 0 Å². The van der Waals surface area contributed by atoms with Crippen molar-refractivity contribution in [2.24, 2.45) is 0 Å². The molecule has 0 N–H and O–H groups in total. The SMILES string of the molecule is CP(C)C.[Pt]. The zero-order valence-corrected chi connectivity index (χ0v) is 6.93. The van der Waals surface area contributed by atoms with Crippen LogP contribution in [0.15, 0.2) is 0 Å². The average molecular weight is 271 g/mol. The Bertz CT molecular complexity index is 11.6. The molecule has 0 nitrogen and oxygen atoms in total. The van der Waals surface area contributed by atoms with Crippen molar-refractivity contribution in [1.82, 2.24) is 0 Å². The molecule has 2 heteroatoms. The summed E-state index contributed by atoms with van der Waals surface area (Å²) in [7, 11) is 0.380. The third-order valence-electron chi connectivity index (χ3n) is 0. The Kier molecular flexibility index (Phi) is 9.67. The molecule has 0 fully saturated rings. The van der Waals surface area contributed by atoms with Gasteiger partial charge in [-0.15, -0.1) is 7.92 Å². The van der Waals surface area contributed by atoms with Gasteiger partial charge in [0.15, 0.2) is 0 Å². The Balaban J connectivity index is 0. The quantitative estimate of drug-likeness (QED) is 0.583. The minimum absolute atomic E-state index is 0. The molecule has 0 aromatic carbocycles. The molecule has 0 aromatic rings. The van der Waals surface area contributed by atoms with Crippen LogP contribution in [0, 0.1) is 0 Å². The third kappa shape index (κ3) is 39.8. The number of hydrogen-bond acceptors (Lipinski definition) is 0. The second kappa shape index (κ2) is 5.12. The molecule has 0 heterocycles. The van der Waals surface area contributed by atoms with Gasteiger partial charge in [-0.05, 0) is 20.0 Å². The molecular weight excluding hydrogens is 262 g/mol. The zero-order valence-electron chi connectivity index (χ0n) is 3.76. The predicted molar refractivity (Wildman–Crippen MR) is 24.7 cm³/mol. The van der Waals surface area contributed by atoms with Crippen molar-refractivity contribution >= 4 is 7.92 Å². The van der Waals surface area contributed by atoms with Crippen molar-refractivity contribution in [1.29, 1.82) is 0 Å². The van der Waals surface area contributed by atoms with E-state index < -0.39 is 0 Å². The third-order valence-corrected chi connectivity index (χ3v) is 0. The fraction of sp³-hybridized carbons (Fsp3) is 1.00. The number of rotatable bonds is 0. The van der Waals surface area contributed by atoms with Gasteiger partial charge in [0.2, 0.25) is 0 Å². The summed E-state index contributed by atoms with van der Waals surface area (Å²) in [6.07, 6.45) is 0. The summed E-state index contributed by atoms with van der Waals surface area (Å²) in [4.78, 5) is 0. The van der Waals surface area contributed by atoms with Gasteiger partial charge in [-0.1, -0.05) is 0 Å². The average Bonchev–Trinajstić information content (AvgIpc) is 0.811. The van der Waals surface area contributed by atoms with Gasteiger partial charge in [-0.25, -0.2) is 0 Å². The van der Waals surface area contributed by atoms with E-state index in [-0.39, 0.29) is 21.1 Å². The van der Waals surface area contributed by atoms with Gasteiger partial charge >= 0.3 is 0 Å². The van der Waals surface area contributed by atoms with Crippen LogP contribution < -0.4 is 0 Å². The summed E-state index contributed by atoms with van der Waals surface area (Å²) < 4.78 is 0. The fourth-order valence-electron chi connectivity index (χ4n) is 0. The van der Waals surface area contributed by atoms with Gasteiger partial charge in [-0.3, -0.25) is 0 Å². The van der Waals surface area contributed by atoms with Crippen molar-refractivity contribution in [3.8, 4) is 0 Å². The molecule has 0 bridgehead atoms. The summed E-state index contributed by atoms with van der Waals surface area (Å²) in [5.74, 6) is 0. The molecule has 0 aromatic heterocycles. The summed E-state index contributed by atoms with van der Waals surface area (Å²) >= 11 is 0. The van der Waals surface area contributed by atoms with E-state index in [0.717, 1.165) is 0 Å². The summed E-state index contributed by atoms with van der Waals surface area (Å²) in [6, 6.07) is 0. The van der Waals surface area contributed by atoms with Crippen molar-refractivity contribution in [3.63, 3.8) is 0 Å². The fourth-order valence-corrected chi connectivity index (χ4v) is 0. The Morgan fingerprint density at radius 1 is 1.00 bits per heavy atom. The van der Waals surface area contributed by atoms with Crippen LogP contribution in [0.3, 0.4) is 0 Å². The molecule has 0 amide bonds. The summed E-state index contributed by atoms with van der Waals surface area (Å²) in [5.41, 5.74) is 0. The van der Waals surface area contributed by atoms with Gasteiger partial charge in [0.25, 0.3) is 0 Å². The molecule has 0 aliphatic heterocycles. The van der Waals surface area contributed by atoms with Gasteiger partial charge in [0, 0.05) is 21.1 Å². The molecular formula is C3H9PPt. The Labute approximate surface area is 49.4 Å². The maximum Gasteiger partial charge on any atom is 0 e. The maximum atomic E-state index is 2.23. The Morgan fingerprint density at radius 2 is 1.00 bits per heavy atom. The normalized spacial score (nSPS) is 7.20. The van der Waals surface area contributed by atoms with Crippen molar-refractivity contribution in [3.05, 3.63) is 0 Å². The van der Waals surface area contributed by atoms with E-state index in [2.05, 4.69) is 20.0 Å². The first-order valence-electron chi connectivity index (χ1n) is 1.34. The van der Waals surface area contributed by atoms with Crippen LogP contribution in [0.1, 0.15) is 0 Å². The molecule has 0 unspecified atom stereocenters. The van der Waals surface area contributed by atoms with E-state index in [9.17, 15) is 0 Å². The van der Waals surface area contributed by atoms with Crippen LogP contribution in [0.2, 0.25) is 0 Å². The first-order valence-corrected chi connectivity index (χ1v) is 4.02. The second-order valence-corrected chi connectivity index (χ2v) is 4.02. The first kappa shape index (κ1) is 9.45. The van der Waals surface area contributed by atoms with E-state index in [4.69, 9.17) is 0 Å². The van der Waals surface area contributed by atoms with Gasteiger partial charge in [0.05, 0.1) is 0 Å². The van der Waals surface area contributed by atoms with E-state index in [1.807, 2.05) is 0 Å². The van der Waals surface area contributed by atoms with Gasteiger partial charge in [-0.2, -0.15) is 0 Å². The molecule has 5 heavy (non-hydrogen) atoms. The zero-order chi connectivity index (χ0) is 3.58. The molecule has 0 radical (unpaired) electrons. The second-order valence-electron chi connectivity index (χ2n) is 1.34. The molecule has 0 saturated carbocycles. The molecule has 0 rings (SSSR count). The first-order chi connectivity index (χ1) is 1.73. The Hall–Kier alpha value is 1.12. The predicted octanol–water partition coefficient (Wildman–Crippen LogP) is 1.36. The molecule has 0 spiro atoms. The largest absolute Gasteiger partial charge is 0.116 e. The Morgan fingerprint density at radius 3 is 1.00 bits per heavy atom. The van der Waals surface area contributed by atoms with Crippen LogP contribution >= 0.6 is 7.92 Å². The molecule has 0 atom stereocenters. The standard InChI is InChI=1S/C3H9P.Pt/c1-4(2)3;/h1-3H3;. The monoisotopic (exact) mass is 271 g/mol. The summed E-state index contributed by atoms with van der Waals surface area (Å²) in [6.45, 7) is 6.69. The smallest absolute Gasteiger partial charge is 0 e. The van der Waals surface area contributed by atoms with Crippen LogP contribution in [-0.2, 0) is 21.1 Å². The minimum atomic E-state index is 0. The van der Waals surface area contributed by atoms with E-state index in [0.29, 0.717) is 7.92 Å². The van der Waals surface area contributed by atoms with Crippen molar-refractivity contribution in [2.75, 3.05) is 20.0 Å². The molecule has 0 aliphatic carbocycles. The maximum absolute atomic E-state index is 2.23. The van der Waals surface area contributed by atoms with Crippen LogP contribution in [0.25, 0.3) is 0 Å².